The summed E-state index contributed by atoms with van der Waals surface area (Å²) in [4.78, 5) is 15.6. The van der Waals surface area contributed by atoms with Crippen LogP contribution in [0.1, 0.15) is 35.3 Å². The van der Waals surface area contributed by atoms with Crippen LogP contribution in [-0.4, -0.2) is 35.4 Å². The van der Waals surface area contributed by atoms with Gasteiger partial charge in [0.2, 0.25) is 0 Å². The second kappa shape index (κ2) is 7.68. The number of aromatic nitrogens is 1. The number of nitrogens with zero attached hydrogens (tertiary/aromatic N) is 2. The molecule has 2 aliphatic heterocycles. The Morgan fingerprint density at radius 1 is 1.03 bits per heavy atom. The highest BCUT2D eigenvalue weighted by Crippen LogP contribution is 2.37. The fraction of sp³-hybridized carbons (Fsp3) is 0.400. The lowest BCUT2D eigenvalue weighted by Gasteiger charge is -2.32. The highest BCUT2D eigenvalue weighted by molar-refractivity contribution is 6.04. The molecule has 1 unspecified atom stereocenters. The molecule has 4 nitrogen and oxygen atoms in total. The molecule has 0 saturated carbocycles. The average molecular weight is 389 g/mol. The van der Waals surface area contributed by atoms with Gasteiger partial charge < -0.3 is 9.30 Å². The molecule has 2 aliphatic rings. The monoisotopic (exact) mass is 388 g/mol. The number of methoxy groups -OCH3 is 1. The average Bonchev–Trinajstić information content (AvgIpc) is 3.27. The Morgan fingerprint density at radius 2 is 1.83 bits per heavy atom. The normalized spacial score (nSPS) is 20.3. The van der Waals surface area contributed by atoms with Crippen molar-refractivity contribution in [2.75, 3.05) is 20.2 Å². The van der Waals surface area contributed by atoms with E-state index in [0.717, 1.165) is 54.9 Å². The fourth-order valence-corrected chi connectivity index (χ4v) is 5.15. The van der Waals surface area contributed by atoms with Crippen molar-refractivity contribution in [1.82, 2.24) is 9.47 Å². The number of carbonyl (C=O) groups is 1. The van der Waals surface area contributed by atoms with E-state index in [1.807, 2.05) is 18.2 Å². The van der Waals surface area contributed by atoms with E-state index in [9.17, 15) is 4.79 Å². The standard InChI is InChI=1S/C25H28N2O2/c1-29-24-9-5-8-22-21(24)15-23-25(28)20(17-27(22)23)14-18-10-12-26(13-11-18)16-19-6-3-2-4-7-19/h2-9,15,18,20H,10-14,16-17H2,1H3. The zero-order valence-electron chi connectivity index (χ0n) is 17.0. The third kappa shape index (κ3) is 3.46. The maximum atomic E-state index is 13.1. The van der Waals surface area contributed by atoms with Gasteiger partial charge in [-0.1, -0.05) is 36.4 Å². The number of fused-ring (bicyclic) bond motifs is 3. The van der Waals surface area contributed by atoms with Gasteiger partial charge in [-0.3, -0.25) is 9.69 Å². The number of hydrogen-bond donors (Lipinski definition) is 0. The first kappa shape index (κ1) is 18.4. The van der Waals surface area contributed by atoms with E-state index in [1.165, 1.54) is 18.4 Å². The van der Waals surface area contributed by atoms with E-state index >= 15 is 0 Å². The summed E-state index contributed by atoms with van der Waals surface area (Å²) in [5.74, 6) is 1.95. The molecular weight excluding hydrogens is 360 g/mol. The summed E-state index contributed by atoms with van der Waals surface area (Å²) in [6.45, 7) is 4.12. The van der Waals surface area contributed by atoms with Crippen LogP contribution in [0.4, 0.5) is 0 Å². The van der Waals surface area contributed by atoms with Crippen LogP contribution in [0.25, 0.3) is 10.9 Å². The van der Waals surface area contributed by atoms with Crippen LogP contribution < -0.4 is 4.74 Å². The van der Waals surface area contributed by atoms with E-state index in [-0.39, 0.29) is 5.92 Å². The summed E-state index contributed by atoms with van der Waals surface area (Å²) in [6, 6.07) is 18.8. The molecule has 2 aromatic carbocycles. The largest absolute Gasteiger partial charge is 0.496 e. The van der Waals surface area contributed by atoms with E-state index in [1.54, 1.807) is 7.11 Å². The van der Waals surface area contributed by atoms with Gasteiger partial charge in [0.25, 0.3) is 0 Å². The minimum absolute atomic E-state index is 0.131. The zero-order chi connectivity index (χ0) is 19.8. The van der Waals surface area contributed by atoms with Crippen LogP contribution in [0.2, 0.25) is 0 Å². The number of Topliss-reactive ketones (excluding diaryl/α,β-unsaturated/α-hetero) is 1. The van der Waals surface area contributed by atoms with Crippen LogP contribution in [0, 0.1) is 11.8 Å². The predicted octanol–water partition coefficient (Wildman–Crippen LogP) is 4.76. The molecule has 150 valence electrons. The van der Waals surface area contributed by atoms with E-state index < -0.39 is 0 Å². The maximum Gasteiger partial charge on any atom is 0.184 e. The minimum Gasteiger partial charge on any atom is -0.496 e. The lowest BCUT2D eigenvalue weighted by Crippen LogP contribution is -2.34. The van der Waals surface area contributed by atoms with Gasteiger partial charge in [-0.25, -0.2) is 0 Å². The Balaban J connectivity index is 1.21. The molecule has 0 radical (unpaired) electrons. The van der Waals surface area contributed by atoms with Crippen LogP contribution in [0.15, 0.2) is 54.6 Å². The number of benzene rings is 2. The van der Waals surface area contributed by atoms with Crippen molar-refractivity contribution in [3.8, 4) is 5.75 Å². The molecule has 3 heterocycles. The van der Waals surface area contributed by atoms with Crippen molar-refractivity contribution < 1.29 is 9.53 Å². The molecule has 0 amide bonds. The van der Waals surface area contributed by atoms with Gasteiger partial charge in [-0.2, -0.15) is 0 Å². The number of ketones is 1. The lowest BCUT2D eigenvalue weighted by molar-refractivity contribution is 0.0894. The molecule has 1 atom stereocenters. The van der Waals surface area contributed by atoms with Gasteiger partial charge in [0.1, 0.15) is 5.75 Å². The molecule has 1 saturated heterocycles. The van der Waals surface area contributed by atoms with Crippen molar-refractivity contribution in [2.45, 2.75) is 32.4 Å². The highest BCUT2D eigenvalue weighted by atomic mass is 16.5. The Kier molecular flexibility index (Phi) is 4.88. The van der Waals surface area contributed by atoms with Gasteiger partial charge in [0.05, 0.1) is 18.3 Å². The summed E-state index contributed by atoms with van der Waals surface area (Å²) in [5.41, 5.74) is 3.36. The third-order valence-corrected chi connectivity index (χ3v) is 6.73. The molecule has 1 aromatic heterocycles. The zero-order valence-corrected chi connectivity index (χ0v) is 17.0. The predicted molar refractivity (Wildman–Crippen MR) is 115 cm³/mol. The summed E-state index contributed by atoms with van der Waals surface area (Å²) in [7, 11) is 1.69. The van der Waals surface area contributed by atoms with Crippen molar-refractivity contribution in [3.63, 3.8) is 0 Å². The second-order valence-electron chi connectivity index (χ2n) is 8.54. The number of ether oxygens (including phenoxy) is 1. The second-order valence-corrected chi connectivity index (χ2v) is 8.54. The van der Waals surface area contributed by atoms with Gasteiger partial charge in [0, 0.05) is 24.4 Å². The molecule has 0 N–H and O–H groups in total. The topological polar surface area (TPSA) is 34.5 Å². The SMILES string of the molecule is COc1cccc2c1cc1n2CC(CC2CCN(Cc3ccccc3)CC2)C1=O. The Hall–Kier alpha value is -2.59. The van der Waals surface area contributed by atoms with E-state index in [0.29, 0.717) is 11.7 Å². The number of likely N-dealkylation sites (tertiary alicyclic amines) is 1. The number of rotatable bonds is 5. The first-order chi connectivity index (χ1) is 14.2. The highest BCUT2D eigenvalue weighted by Gasteiger charge is 2.35. The van der Waals surface area contributed by atoms with Crippen LogP contribution in [0.3, 0.4) is 0 Å². The molecule has 0 bridgehead atoms. The van der Waals surface area contributed by atoms with E-state index in [4.69, 9.17) is 4.74 Å². The first-order valence-corrected chi connectivity index (χ1v) is 10.7. The van der Waals surface area contributed by atoms with Crippen molar-refractivity contribution in [2.24, 2.45) is 11.8 Å². The summed E-state index contributed by atoms with van der Waals surface area (Å²) in [6.07, 6.45) is 3.41. The first-order valence-electron chi connectivity index (χ1n) is 10.7. The molecule has 0 spiro atoms. The Morgan fingerprint density at radius 3 is 2.59 bits per heavy atom. The van der Waals surface area contributed by atoms with Gasteiger partial charge in [-0.05, 0) is 62.0 Å². The Bertz CT molecular complexity index is 1020. The lowest BCUT2D eigenvalue weighted by atomic mass is 9.85. The van der Waals surface area contributed by atoms with Crippen molar-refractivity contribution in [1.29, 1.82) is 0 Å². The molecule has 5 rings (SSSR count). The van der Waals surface area contributed by atoms with Gasteiger partial charge in [0.15, 0.2) is 5.78 Å². The molecule has 29 heavy (non-hydrogen) atoms. The number of hydrogen-bond acceptors (Lipinski definition) is 3. The molecule has 1 fully saturated rings. The molecule has 3 aromatic rings. The molecule has 4 heteroatoms. The minimum atomic E-state index is 0.131. The van der Waals surface area contributed by atoms with Crippen molar-refractivity contribution in [3.05, 3.63) is 65.9 Å². The number of piperidine rings is 1. The van der Waals surface area contributed by atoms with E-state index in [2.05, 4.69) is 45.9 Å². The fourth-order valence-electron chi connectivity index (χ4n) is 5.15. The summed E-state index contributed by atoms with van der Waals surface area (Å²) < 4.78 is 7.68. The van der Waals surface area contributed by atoms with Crippen LogP contribution >= 0.6 is 0 Å². The van der Waals surface area contributed by atoms with Crippen LogP contribution in [0.5, 0.6) is 5.75 Å². The smallest absolute Gasteiger partial charge is 0.184 e. The summed E-state index contributed by atoms with van der Waals surface area (Å²) in [5, 5.41) is 1.05. The molecule has 0 aliphatic carbocycles. The van der Waals surface area contributed by atoms with Gasteiger partial charge >= 0.3 is 0 Å². The molecular formula is C25H28N2O2. The summed E-state index contributed by atoms with van der Waals surface area (Å²) >= 11 is 0. The Labute approximate surface area is 172 Å². The number of carbonyl (C=O) groups excluding carboxylic acids is 1. The van der Waals surface area contributed by atoms with Crippen molar-refractivity contribution >= 4 is 16.7 Å². The maximum absolute atomic E-state index is 13.1. The van der Waals surface area contributed by atoms with Crippen LogP contribution in [-0.2, 0) is 13.1 Å². The quantitative estimate of drug-likeness (QED) is 0.632. The third-order valence-electron chi connectivity index (χ3n) is 6.73. The van der Waals surface area contributed by atoms with Gasteiger partial charge in [-0.15, -0.1) is 0 Å².